The van der Waals surface area contributed by atoms with Crippen molar-refractivity contribution in [1.82, 2.24) is 0 Å². The normalized spacial score (nSPS) is 36.7. The van der Waals surface area contributed by atoms with Gasteiger partial charge in [-0.3, -0.25) is 4.79 Å². The van der Waals surface area contributed by atoms with Crippen LogP contribution in [-0.4, -0.2) is 142 Å². The smallest absolute Gasteiger partial charge is 0.265 e. The summed E-state index contributed by atoms with van der Waals surface area (Å²) in [4.78, 5) is 13.7. The number of aliphatic hydroxyl groups excluding tert-OH is 8. The van der Waals surface area contributed by atoms with Crippen LogP contribution in [0.5, 0.6) is 17.2 Å². The van der Waals surface area contributed by atoms with Gasteiger partial charge in [0.1, 0.15) is 49.3 Å². The van der Waals surface area contributed by atoms with Crippen LogP contribution in [0.15, 0.2) is 18.2 Å². The van der Waals surface area contributed by atoms with Crippen LogP contribution in [0.25, 0.3) is 6.08 Å². The molecular formula is C24H34O15. The molecule has 2 saturated heterocycles. The molecular weight excluding hydrogens is 528 g/mol. The van der Waals surface area contributed by atoms with E-state index in [9.17, 15) is 45.6 Å². The van der Waals surface area contributed by atoms with E-state index in [4.69, 9.17) is 28.4 Å². The number of ketones is 1. The number of methoxy groups -OCH3 is 3. The van der Waals surface area contributed by atoms with E-state index < -0.39 is 79.9 Å². The van der Waals surface area contributed by atoms with Gasteiger partial charge in [-0.1, -0.05) is 0 Å². The van der Waals surface area contributed by atoms with Crippen LogP contribution in [0.3, 0.4) is 0 Å². The van der Waals surface area contributed by atoms with E-state index in [-0.39, 0.29) is 17.1 Å². The molecule has 0 saturated carbocycles. The number of carbonyl (C=O) groups excluding carboxylic acids is 1. The van der Waals surface area contributed by atoms with Crippen molar-refractivity contribution in [2.24, 2.45) is 0 Å². The number of hydrogen-bond acceptors (Lipinski definition) is 15. The highest BCUT2D eigenvalue weighted by Gasteiger charge is 2.65. The van der Waals surface area contributed by atoms with Crippen LogP contribution in [0, 0.1) is 0 Å². The van der Waals surface area contributed by atoms with E-state index in [0.717, 1.165) is 6.08 Å². The minimum atomic E-state index is -3.01. The Balaban J connectivity index is 2.11. The Bertz CT molecular complexity index is 1030. The highest BCUT2D eigenvalue weighted by Crippen LogP contribution is 2.43. The zero-order chi connectivity index (χ0) is 29.1. The Kier molecular flexibility index (Phi) is 9.90. The van der Waals surface area contributed by atoms with Gasteiger partial charge in [-0.25, -0.2) is 0 Å². The summed E-state index contributed by atoms with van der Waals surface area (Å²) in [5.41, 5.74) is 0.271. The minimum Gasteiger partial charge on any atom is -0.493 e. The van der Waals surface area contributed by atoms with Gasteiger partial charge >= 0.3 is 0 Å². The molecule has 2 heterocycles. The Labute approximate surface area is 222 Å². The molecule has 2 fully saturated rings. The van der Waals surface area contributed by atoms with Crippen molar-refractivity contribution in [2.45, 2.75) is 54.3 Å². The predicted octanol–water partition coefficient (Wildman–Crippen LogP) is -3.72. The van der Waals surface area contributed by atoms with Crippen molar-refractivity contribution in [1.29, 1.82) is 0 Å². The molecule has 0 aromatic heterocycles. The van der Waals surface area contributed by atoms with Crippen LogP contribution in [0.4, 0.5) is 0 Å². The van der Waals surface area contributed by atoms with E-state index in [1.165, 1.54) is 39.5 Å². The van der Waals surface area contributed by atoms with E-state index in [1.807, 2.05) is 0 Å². The minimum absolute atomic E-state index is 0.153. The molecule has 0 aliphatic carbocycles. The lowest BCUT2D eigenvalue weighted by atomic mass is 9.89. The van der Waals surface area contributed by atoms with Gasteiger partial charge in [0.2, 0.25) is 17.3 Å². The number of ether oxygens (including phenoxy) is 6. The lowest BCUT2D eigenvalue weighted by Gasteiger charge is -2.49. The Morgan fingerprint density at radius 2 is 1.46 bits per heavy atom. The first-order valence-corrected chi connectivity index (χ1v) is 11.8. The number of aliphatic hydroxyl groups is 8. The van der Waals surface area contributed by atoms with Gasteiger partial charge in [0.05, 0.1) is 34.5 Å². The third-order valence-electron chi connectivity index (χ3n) is 6.67. The van der Waals surface area contributed by atoms with E-state index >= 15 is 0 Å². The summed E-state index contributed by atoms with van der Waals surface area (Å²) < 4.78 is 32.3. The molecule has 8 N–H and O–H groups in total. The number of carbonyl (C=O) groups is 1. The fourth-order valence-corrected chi connectivity index (χ4v) is 4.53. The number of benzene rings is 1. The van der Waals surface area contributed by atoms with Gasteiger partial charge in [0.25, 0.3) is 5.79 Å². The van der Waals surface area contributed by atoms with Crippen molar-refractivity contribution in [3.8, 4) is 17.2 Å². The van der Waals surface area contributed by atoms with Crippen LogP contribution >= 0.6 is 0 Å². The maximum absolute atomic E-state index is 13.7. The second kappa shape index (κ2) is 12.4. The molecule has 9 atom stereocenters. The lowest BCUT2D eigenvalue weighted by Crippen LogP contribution is -2.72. The molecule has 1 aromatic rings. The maximum Gasteiger partial charge on any atom is 0.265 e. The first-order valence-electron chi connectivity index (χ1n) is 11.8. The predicted molar refractivity (Wildman–Crippen MR) is 128 cm³/mol. The summed E-state index contributed by atoms with van der Waals surface area (Å²) in [6, 6.07) is 3.03. The first-order chi connectivity index (χ1) is 18.5. The third kappa shape index (κ3) is 5.36. The quantitative estimate of drug-likeness (QED) is 0.121. The Hall–Kier alpha value is -2.41. The van der Waals surface area contributed by atoms with Crippen LogP contribution in [0.1, 0.15) is 5.56 Å². The van der Waals surface area contributed by atoms with Crippen LogP contribution in [0.2, 0.25) is 0 Å². The number of rotatable bonds is 11. The molecule has 2 aliphatic rings. The van der Waals surface area contributed by atoms with Crippen LogP contribution < -0.4 is 14.2 Å². The van der Waals surface area contributed by atoms with Crippen molar-refractivity contribution in [2.75, 3.05) is 41.2 Å². The number of hydrogen-bond donors (Lipinski definition) is 8. The van der Waals surface area contributed by atoms with Gasteiger partial charge in [0.15, 0.2) is 11.5 Å². The van der Waals surface area contributed by atoms with E-state index in [2.05, 4.69) is 0 Å². The van der Waals surface area contributed by atoms with E-state index in [1.54, 1.807) is 0 Å². The Morgan fingerprint density at radius 1 is 0.846 bits per heavy atom. The largest absolute Gasteiger partial charge is 0.493 e. The molecule has 39 heavy (non-hydrogen) atoms. The second-order valence-electron chi connectivity index (χ2n) is 8.90. The molecule has 1 aromatic carbocycles. The topological polar surface area (TPSA) is 234 Å². The monoisotopic (exact) mass is 562 g/mol. The lowest BCUT2D eigenvalue weighted by molar-refractivity contribution is -0.415. The first kappa shape index (κ1) is 31.1. The molecule has 0 amide bonds. The van der Waals surface area contributed by atoms with Gasteiger partial charge in [0, 0.05) is 5.56 Å². The van der Waals surface area contributed by atoms with Crippen molar-refractivity contribution < 1.29 is 74.1 Å². The molecule has 0 spiro atoms. The van der Waals surface area contributed by atoms with E-state index in [0.29, 0.717) is 5.75 Å². The molecule has 0 radical (unpaired) electrons. The zero-order valence-corrected chi connectivity index (χ0v) is 21.4. The molecule has 15 nitrogen and oxygen atoms in total. The molecule has 15 heteroatoms. The fraction of sp³-hybridized carbons (Fsp3) is 0.625. The zero-order valence-electron chi connectivity index (χ0n) is 21.4. The van der Waals surface area contributed by atoms with Crippen LogP contribution in [-0.2, 0) is 19.0 Å². The maximum atomic E-state index is 13.7. The fourth-order valence-electron chi connectivity index (χ4n) is 4.53. The molecule has 3 rings (SSSR count). The highest BCUT2D eigenvalue weighted by atomic mass is 16.8. The van der Waals surface area contributed by atoms with Crippen molar-refractivity contribution in [3.63, 3.8) is 0 Å². The summed E-state index contributed by atoms with van der Waals surface area (Å²) in [6.45, 7) is -3.00. The van der Waals surface area contributed by atoms with Gasteiger partial charge < -0.3 is 69.3 Å². The molecule has 220 valence electrons. The average Bonchev–Trinajstić information content (AvgIpc) is 3.20. The Morgan fingerprint density at radius 3 is 1.97 bits per heavy atom. The standard InChI is InChI=1S/C24H34O15/c1-34-12-6-4-11(19(35-2)20(12)36-3)5-7-15(28)24(22(33)18(31)16(29)13(8-25)38-24)39-23(10-27)21(32)17(30)14(9-26)37-23/h4-7,13-14,16-18,21-22,25-27,29-33H,8-10H2,1-3H3/b7-5+/t13-,14-,16-,17-,18+,21+,22-,23?,24+/m1/s1. The summed E-state index contributed by atoms with van der Waals surface area (Å²) >= 11 is 0. The van der Waals surface area contributed by atoms with Crippen molar-refractivity contribution >= 4 is 11.9 Å². The molecule has 2 aliphatic heterocycles. The SMILES string of the molecule is COc1ccc(/C=C/C(=O)[C@@]2(OC3(CO)O[C@H](CO)[C@@H](O)[C@@H]3O)O[C@H](CO)[C@@H](O)[C@H](O)[C@H]2O)c(OC)c1OC. The van der Waals surface area contributed by atoms with Gasteiger partial charge in [-0.15, -0.1) is 0 Å². The van der Waals surface area contributed by atoms with Gasteiger partial charge in [-0.05, 0) is 24.3 Å². The summed E-state index contributed by atoms with van der Waals surface area (Å²) in [5.74, 6) is -6.23. The summed E-state index contributed by atoms with van der Waals surface area (Å²) in [6.07, 6.45) is -11.4. The molecule has 0 bridgehead atoms. The summed E-state index contributed by atoms with van der Waals surface area (Å²) in [7, 11) is 4.11. The third-order valence-corrected chi connectivity index (χ3v) is 6.67. The second-order valence-corrected chi connectivity index (χ2v) is 8.90. The highest BCUT2D eigenvalue weighted by molar-refractivity contribution is 6.00. The van der Waals surface area contributed by atoms with Crippen molar-refractivity contribution in [3.05, 3.63) is 23.8 Å². The summed E-state index contributed by atoms with van der Waals surface area (Å²) in [5, 5.41) is 81.8. The average molecular weight is 563 g/mol. The van der Waals surface area contributed by atoms with Gasteiger partial charge in [-0.2, -0.15) is 0 Å². The molecule has 1 unspecified atom stereocenters.